The molecule has 8 saturated carbocycles. The number of benzene rings is 2. The normalized spacial score (nSPS) is 38.8. The number of carbonyl (C=O) groups is 3. The average Bonchev–Trinajstić information content (AvgIpc) is 1.22. The summed E-state index contributed by atoms with van der Waals surface area (Å²) >= 11 is 15.4. The molecule has 0 bridgehead atoms. The van der Waals surface area contributed by atoms with Crippen LogP contribution in [0.25, 0.3) is 21.8 Å². The van der Waals surface area contributed by atoms with E-state index in [0.717, 1.165) is 110 Å². The first-order chi connectivity index (χ1) is 39.7. The number of methoxy groups -OCH3 is 2. The SMILES string of the molecule is COC[C@]12CC[C@@](C)(O)C[C@H]1CC[C@H]1[C@@H]3CC[C@H](C(=O)CBr)[C@@]3(C)CC[C@@H]12.COC[C@]12CC[C@@](C)(O)C[C@H]1CC[C@H]1[C@@H]3CC[C@H](C(=O)Cn4ncc5ccc(Cl)cc54)[C@@]3(C)CC[C@@H]12.Clc1ccc2cn[nH]c2c1.O=CO[O-].[2H][2H].[2H][2H].[2H][2H].[H-].[K+].[K+]. The van der Waals surface area contributed by atoms with E-state index in [1.54, 1.807) is 6.20 Å². The van der Waals surface area contributed by atoms with E-state index >= 15 is 0 Å². The maximum Gasteiger partial charge on any atom is 1.00 e. The molecule has 0 radical (unpaired) electrons. The number of fused-ring (bicyclic) bond motifs is 12. The van der Waals surface area contributed by atoms with Crippen molar-refractivity contribution in [2.24, 2.45) is 80.8 Å². The molecule has 3 N–H and O–H groups in total. The van der Waals surface area contributed by atoms with E-state index < -0.39 is 11.2 Å². The summed E-state index contributed by atoms with van der Waals surface area (Å²) in [6.45, 7) is 10.7. The van der Waals surface area contributed by atoms with Gasteiger partial charge in [-0.25, -0.2) is 0 Å². The quantitative estimate of drug-likeness (QED) is 0.0499. The maximum absolute atomic E-state index is 13.8. The van der Waals surface area contributed by atoms with Gasteiger partial charge in [-0.05, 0) is 235 Å². The first-order valence-corrected chi connectivity index (χ1v) is 30.6. The van der Waals surface area contributed by atoms with Gasteiger partial charge in [0.15, 0.2) is 5.78 Å². The van der Waals surface area contributed by atoms with Crippen LogP contribution in [0.3, 0.4) is 0 Å². The van der Waals surface area contributed by atoms with Gasteiger partial charge < -0.3 is 31.3 Å². The summed E-state index contributed by atoms with van der Waals surface area (Å²) < 4.78 is 43.6. The predicted molar refractivity (Wildman–Crippen MR) is 308 cm³/mol. The van der Waals surface area contributed by atoms with E-state index in [2.05, 4.69) is 50.0 Å². The molecule has 0 aliphatic heterocycles. The standard InChI is InChI=1S/C30H41ClN2O3.C23H37BrO3.C7H5ClN2.CH2O3.2K.3H2.H/c1-28(35)12-13-30(18-36-3)20(15-28)5-7-22-23-8-9-25(29(23,2)11-10-24(22)30)27(34)17-33-26-14-21(31)6-4-19(26)16-32-33;1-21(26)10-11-23(14-27-3)15(12-21)4-5-16-17-6-7-19(20(25)13-24)22(17,2)9-8-18(16)23;8-6-2-1-5-4-9-10-7(5)3-6;2-1-4-3;;;;;;/h4,6,14,16,20,22-25,35H,5,7-13,15,17-18H2,1-3H3;15-19,26H,4-14H2,1-3H3;1-4H,(H,9,10);1,3H;;;3*1H;/q;;;;2*+1;;;;-1/p-1/t20-,22+,23+,24+,25-,28-,29+,30-;15-,16+,17+,18+,19-,21-,22+,23-;;;;;;;;/m11......../s1/i;;;;;;3*1+1D;. The molecule has 79 heavy (non-hydrogen) atoms. The Labute approximate surface area is 582 Å². The number of hydrogen-bond acceptors (Lipinski definition) is 11. The zero-order chi connectivity index (χ0) is 61.1. The van der Waals surface area contributed by atoms with Crippen LogP contribution in [-0.4, -0.2) is 92.2 Å². The van der Waals surface area contributed by atoms with Crippen LogP contribution in [0.2, 0.25) is 10.0 Å². The Bertz CT molecular complexity index is 2760. The molecule has 0 amide bonds. The Hall–Kier alpha value is 0.323. The number of aromatic amines is 1. The molecule has 2 aromatic carbocycles. The van der Waals surface area contributed by atoms with Crippen molar-refractivity contribution in [2.75, 3.05) is 32.8 Å². The summed E-state index contributed by atoms with van der Waals surface area (Å²) in [7, 11) is 3.71. The third-order valence-corrected chi connectivity index (χ3v) is 23.4. The van der Waals surface area contributed by atoms with Gasteiger partial charge in [0.1, 0.15) is 12.3 Å². The Kier molecular flexibility index (Phi) is 21.8. The van der Waals surface area contributed by atoms with Gasteiger partial charge in [-0.3, -0.25) is 24.2 Å². The van der Waals surface area contributed by atoms with Crippen molar-refractivity contribution >= 4 is 79.0 Å². The van der Waals surface area contributed by atoms with Gasteiger partial charge in [0.25, 0.3) is 6.47 Å². The summed E-state index contributed by atoms with van der Waals surface area (Å²) in [6.07, 6.45) is 23.5. The summed E-state index contributed by atoms with van der Waals surface area (Å²) in [5, 5.41) is 45.3. The molecule has 432 valence electrons. The first-order valence-electron chi connectivity index (χ1n) is 31.7. The summed E-state index contributed by atoms with van der Waals surface area (Å²) in [6, 6.07) is 11.4. The van der Waals surface area contributed by atoms with E-state index in [9.17, 15) is 19.8 Å². The van der Waals surface area contributed by atoms with Crippen molar-refractivity contribution in [3.8, 4) is 0 Å². The van der Waals surface area contributed by atoms with Crippen molar-refractivity contribution in [3.63, 3.8) is 0 Å². The zero-order valence-electron chi connectivity index (χ0n) is 55.3. The fourth-order valence-electron chi connectivity index (χ4n) is 19.1. The molecule has 8 aliphatic rings. The molecule has 4 aromatic rings. The molecule has 8 fully saturated rings. The second-order valence-electron chi connectivity index (χ2n) is 26.3. The number of alkyl halides is 1. The van der Waals surface area contributed by atoms with Gasteiger partial charge in [-0.1, -0.05) is 53.0 Å². The molecule has 0 saturated heterocycles. The summed E-state index contributed by atoms with van der Waals surface area (Å²) in [5.74, 6) is 6.32. The van der Waals surface area contributed by atoms with Crippen LogP contribution in [0.5, 0.6) is 0 Å². The minimum Gasteiger partial charge on any atom is -1.00 e. The maximum atomic E-state index is 13.8. The molecule has 18 heteroatoms. The zero-order valence-corrected chi connectivity index (χ0v) is 57.6. The Morgan fingerprint density at radius 3 is 1.72 bits per heavy atom. The van der Waals surface area contributed by atoms with Crippen LogP contribution in [0.15, 0.2) is 48.8 Å². The smallest absolute Gasteiger partial charge is 1.00 e. The number of aromatic nitrogens is 4. The number of rotatable bonds is 10. The second kappa shape index (κ2) is 27.6. The van der Waals surface area contributed by atoms with E-state index in [-0.39, 0.29) is 144 Å². The van der Waals surface area contributed by atoms with Gasteiger partial charge in [0.05, 0.1) is 53.2 Å². The Morgan fingerprint density at radius 2 is 1.23 bits per heavy atom. The number of nitrogens with zero attached hydrogens (tertiary/aromatic N) is 3. The molecular weight excluding hydrogens is 1160 g/mol. The number of Topliss-reactive ketones (excluding diaryl/α,β-unsaturated/α-hetero) is 2. The van der Waals surface area contributed by atoms with E-state index in [1.807, 2.05) is 75.3 Å². The minimum atomic E-state index is -0.538. The number of hydrogen-bond donors (Lipinski definition) is 3. The topological polar surface area (TPSA) is 189 Å². The third kappa shape index (κ3) is 13.4. The molecule has 13 nitrogen and oxygen atoms in total. The van der Waals surface area contributed by atoms with Gasteiger partial charge >= 0.3 is 103 Å². The fraction of sp³-hybridized carbons (Fsp3) is 0.721. The molecule has 12 rings (SSSR count). The first kappa shape index (κ1) is 62.4. The van der Waals surface area contributed by atoms with E-state index in [4.69, 9.17) is 51.6 Å². The van der Waals surface area contributed by atoms with Crippen molar-refractivity contribution in [1.29, 1.82) is 0 Å². The third-order valence-electron chi connectivity index (χ3n) is 22.4. The predicted octanol–water partition coefficient (Wildman–Crippen LogP) is 6.79. The number of nitrogens with one attached hydrogen (secondary N) is 1. The molecule has 2 aromatic heterocycles. The van der Waals surface area contributed by atoms with E-state index in [1.165, 1.54) is 51.4 Å². The van der Waals surface area contributed by atoms with Crippen molar-refractivity contribution < 1.29 is 157 Å². The van der Waals surface area contributed by atoms with E-state index in [0.29, 0.717) is 69.9 Å². The minimum absolute atomic E-state index is 0. The van der Waals surface area contributed by atoms with Crippen LogP contribution in [0.4, 0.5) is 0 Å². The molecule has 2 heterocycles. The van der Waals surface area contributed by atoms with Crippen molar-refractivity contribution in [2.45, 2.75) is 161 Å². The number of ether oxygens (including phenoxy) is 2. The molecule has 0 unspecified atom stereocenters. The number of carbonyl (C=O) groups excluding carboxylic acids is 3. The molecule has 16 atom stereocenters. The van der Waals surface area contributed by atoms with Crippen LogP contribution in [0, 0.1) is 80.8 Å². The second-order valence-corrected chi connectivity index (χ2v) is 27.7. The largest absolute Gasteiger partial charge is 1.00 e. The van der Waals surface area contributed by atoms with Gasteiger partial charge in [-0.2, -0.15) is 10.2 Å². The van der Waals surface area contributed by atoms with Gasteiger partial charge in [-0.15, -0.1) is 0 Å². The number of H-pyrrole nitrogens is 1. The number of aliphatic hydroxyl groups is 2. The average molecular weight is 1260 g/mol. The molecule has 8 aliphatic carbocycles. The van der Waals surface area contributed by atoms with Crippen LogP contribution < -0.4 is 108 Å². The van der Waals surface area contributed by atoms with Crippen molar-refractivity contribution in [3.05, 3.63) is 58.8 Å². The Morgan fingerprint density at radius 1 is 0.734 bits per heavy atom. The van der Waals surface area contributed by atoms with Gasteiger partial charge in [0.2, 0.25) is 0 Å². The van der Waals surface area contributed by atoms with Crippen LogP contribution in [-0.2, 0) is 35.3 Å². The monoisotopic (exact) mass is 1260 g/mol. The van der Waals surface area contributed by atoms with Gasteiger partial charge in [0, 0.05) is 55.8 Å². The summed E-state index contributed by atoms with van der Waals surface area (Å²) in [5.41, 5.74) is 1.59. The fourth-order valence-corrected chi connectivity index (χ4v) is 19.8. The molecule has 0 spiro atoms. The summed E-state index contributed by atoms with van der Waals surface area (Å²) in [4.78, 5) is 37.6. The van der Waals surface area contributed by atoms with Crippen molar-refractivity contribution in [1.82, 2.24) is 20.0 Å². The van der Waals surface area contributed by atoms with Crippen LogP contribution >= 0.6 is 39.1 Å². The van der Waals surface area contributed by atoms with Crippen LogP contribution in [0.1, 0.15) is 154 Å². The number of halogens is 3. The number of ketones is 2. The molecular formula is C61H91BrCl2K2N4O9. The Balaban J connectivity index is 0.000000340.